The fourth-order valence-corrected chi connectivity index (χ4v) is 3.69. The average molecular weight is 288 g/mol. The second-order valence-corrected chi connectivity index (χ2v) is 6.79. The summed E-state index contributed by atoms with van der Waals surface area (Å²) in [5, 5.41) is 3.61. The second kappa shape index (κ2) is 7.42. The summed E-state index contributed by atoms with van der Waals surface area (Å²) in [5.74, 6) is 0. The van der Waals surface area contributed by atoms with Gasteiger partial charge in [0.2, 0.25) is 0 Å². The van der Waals surface area contributed by atoms with Crippen LogP contribution < -0.4 is 5.32 Å². The number of nitrogens with zero attached hydrogens (tertiary/aromatic N) is 1. The van der Waals surface area contributed by atoms with Gasteiger partial charge < -0.3 is 5.32 Å². The molecule has 0 spiro atoms. The molecule has 118 valence electrons. The Kier molecular flexibility index (Phi) is 5.83. The van der Waals surface area contributed by atoms with Crippen LogP contribution >= 0.6 is 0 Å². The molecule has 2 heteroatoms. The maximum Gasteiger partial charge on any atom is 0.0334 e. The van der Waals surface area contributed by atoms with E-state index in [1.165, 1.54) is 49.9 Å². The molecular weight excluding hydrogens is 256 g/mol. The predicted molar refractivity (Wildman–Crippen MR) is 91.9 cm³/mol. The van der Waals surface area contributed by atoms with Crippen LogP contribution in [0, 0.1) is 6.92 Å². The normalized spacial score (nSPS) is 21.0. The van der Waals surface area contributed by atoms with Crippen LogP contribution in [0.3, 0.4) is 0 Å². The minimum atomic E-state index is 0.250. The molecule has 1 aromatic carbocycles. The minimum absolute atomic E-state index is 0.250. The first kappa shape index (κ1) is 16.5. The van der Waals surface area contributed by atoms with E-state index in [1.54, 1.807) is 0 Å². The highest BCUT2D eigenvalue weighted by Gasteiger charge is 2.37. The minimum Gasteiger partial charge on any atom is -0.315 e. The summed E-state index contributed by atoms with van der Waals surface area (Å²) in [7, 11) is 2.12. The van der Waals surface area contributed by atoms with Gasteiger partial charge in [-0.2, -0.15) is 0 Å². The molecule has 1 aromatic rings. The van der Waals surface area contributed by atoms with Crippen molar-refractivity contribution in [2.75, 3.05) is 20.1 Å². The second-order valence-electron chi connectivity index (χ2n) is 6.79. The molecule has 0 bridgehead atoms. The molecule has 2 nitrogen and oxygen atoms in total. The SMILES string of the molecule is CCC(C)(C(Cc1ccc(C)cc1)NC)N1CCCCC1. The van der Waals surface area contributed by atoms with Crippen LogP contribution in [0.4, 0.5) is 0 Å². The quantitative estimate of drug-likeness (QED) is 0.857. The van der Waals surface area contributed by atoms with Gasteiger partial charge in [0.05, 0.1) is 0 Å². The largest absolute Gasteiger partial charge is 0.315 e. The Morgan fingerprint density at radius 2 is 1.76 bits per heavy atom. The first-order valence-electron chi connectivity index (χ1n) is 8.58. The molecule has 1 aliphatic heterocycles. The Hall–Kier alpha value is -0.860. The van der Waals surface area contributed by atoms with Crippen LogP contribution in [0.1, 0.15) is 50.7 Å². The number of rotatable bonds is 6. The molecule has 1 aliphatic rings. The Balaban J connectivity index is 2.13. The number of hydrogen-bond acceptors (Lipinski definition) is 2. The molecule has 21 heavy (non-hydrogen) atoms. The maximum atomic E-state index is 3.61. The van der Waals surface area contributed by atoms with E-state index < -0.39 is 0 Å². The standard InChI is InChI=1S/C19H32N2/c1-5-19(3,21-13-7-6-8-14-21)18(20-4)15-17-11-9-16(2)10-12-17/h9-12,18,20H,5-8,13-15H2,1-4H3. The van der Waals surface area contributed by atoms with Crippen LogP contribution in [-0.4, -0.2) is 36.6 Å². The van der Waals surface area contributed by atoms with Crippen molar-refractivity contribution < 1.29 is 0 Å². The van der Waals surface area contributed by atoms with Crippen LogP contribution in [0.2, 0.25) is 0 Å². The van der Waals surface area contributed by atoms with E-state index >= 15 is 0 Å². The summed E-state index contributed by atoms with van der Waals surface area (Å²) < 4.78 is 0. The summed E-state index contributed by atoms with van der Waals surface area (Å²) in [6.07, 6.45) is 6.42. The highest BCUT2D eigenvalue weighted by atomic mass is 15.2. The molecule has 2 unspecified atom stereocenters. The van der Waals surface area contributed by atoms with Crippen molar-refractivity contribution in [3.05, 3.63) is 35.4 Å². The molecular formula is C19H32N2. The van der Waals surface area contributed by atoms with Crippen LogP contribution in [0.5, 0.6) is 0 Å². The van der Waals surface area contributed by atoms with E-state index in [1.807, 2.05) is 0 Å². The lowest BCUT2D eigenvalue weighted by molar-refractivity contribution is 0.0453. The third kappa shape index (κ3) is 3.87. The first-order chi connectivity index (χ1) is 10.1. The first-order valence-corrected chi connectivity index (χ1v) is 8.58. The smallest absolute Gasteiger partial charge is 0.0334 e. The third-order valence-electron chi connectivity index (χ3n) is 5.45. The number of hydrogen-bond donors (Lipinski definition) is 1. The molecule has 0 aliphatic carbocycles. The van der Waals surface area contributed by atoms with Crippen molar-refractivity contribution in [2.24, 2.45) is 0 Å². The van der Waals surface area contributed by atoms with Gasteiger partial charge in [-0.25, -0.2) is 0 Å². The Morgan fingerprint density at radius 3 is 2.29 bits per heavy atom. The molecule has 1 fully saturated rings. The van der Waals surface area contributed by atoms with Crippen molar-refractivity contribution in [3.8, 4) is 0 Å². The molecule has 1 heterocycles. The predicted octanol–water partition coefficient (Wildman–Crippen LogP) is 3.78. The maximum absolute atomic E-state index is 3.61. The number of likely N-dealkylation sites (N-methyl/N-ethyl adjacent to an activating group) is 1. The fourth-order valence-electron chi connectivity index (χ4n) is 3.69. The Bertz CT molecular complexity index is 420. The van der Waals surface area contributed by atoms with Crippen LogP contribution in [0.25, 0.3) is 0 Å². The van der Waals surface area contributed by atoms with Crippen molar-refractivity contribution in [1.82, 2.24) is 10.2 Å². The topological polar surface area (TPSA) is 15.3 Å². The number of benzene rings is 1. The fraction of sp³-hybridized carbons (Fsp3) is 0.684. The number of nitrogens with one attached hydrogen (secondary N) is 1. The number of piperidine rings is 1. The van der Waals surface area contributed by atoms with Gasteiger partial charge in [-0.05, 0) is 65.2 Å². The molecule has 1 saturated heterocycles. The highest BCUT2D eigenvalue weighted by molar-refractivity contribution is 5.23. The molecule has 0 amide bonds. The van der Waals surface area contributed by atoms with Gasteiger partial charge in [-0.1, -0.05) is 43.2 Å². The van der Waals surface area contributed by atoms with Gasteiger partial charge in [-0.3, -0.25) is 4.90 Å². The summed E-state index contributed by atoms with van der Waals surface area (Å²) in [6, 6.07) is 9.53. The lowest BCUT2D eigenvalue weighted by atomic mass is 9.82. The molecule has 0 radical (unpaired) electrons. The Morgan fingerprint density at radius 1 is 1.14 bits per heavy atom. The molecule has 1 N–H and O–H groups in total. The molecule has 0 aromatic heterocycles. The number of aryl methyl sites for hydroxylation is 1. The van der Waals surface area contributed by atoms with Gasteiger partial charge in [0.25, 0.3) is 0 Å². The van der Waals surface area contributed by atoms with Crippen molar-refractivity contribution in [2.45, 2.75) is 64.5 Å². The van der Waals surface area contributed by atoms with E-state index in [4.69, 9.17) is 0 Å². The zero-order chi connectivity index (χ0) is 15.3. The molecule has 0 saturated carbocycles. The van der Waals surface area contributed by atoms with E-state index in [-0.39, 0.29) is 5.54 Å². The van der Waals surface area contributed by atoms with Gasteiger partial charge in [-0.15, -0.1) is 0 Å². The van der Waals surface area contributed by atoms with Crippen molar-refractivity contribution in [1.29, 1.82) is 0 Å². The van der Waals surface area contributed by atoms with Gasteiger partial charge in [0.1, 0.15) is 0 Å². The van der Waals surface area contributed by atoms with Gasteiger partial charge >= 0.3 is 0 Å². The number of likely N-dealkylation sites (tertiary alicyclic amines) is 1. The average Bonchev–Trinajstić information content (AvgIpc) is 2.54. The lowest BCUT2D eigenvalue weighted by Crippen LogP contribution is -2.60. The third-order valence-corrected chi connectivity index (χ3v) is 5.45. The monoisotopic (exact) mass is 288 g/mol. The van der Waals surface area contributed by atoms with Gasteiger partial charge in [0.15, 0.2) is 0 Å². The van der Waals surface area contributed by atoms with E-state index in [9.17, 15) is 0 Å². The van der Waals surface area contributed by atoms with Crippen molar-refractivity contribution >= 4 is 0 Å². The van der Waals surface area contributed by atoms with Crippen molar-refractivity contribution in [3.63, 3.8) is 0 Å². The summed E-state index contributed by atoms with van der Waals surface area (Å²) >= 11 is 0. The summed E-state index contributed by atoms with van der Waals surface area (Å²) in [6.45, 7) is 9.47. The lowest BCUT2D eigenvalue weighted by Gasteiger charge is -2.48. The molecule has 2 atom stereocenters. The summed E-state index contributed by atoms with van der Waals surface area (Å²) in [5.41, 5.74) is 3.03. The van der Waals surface area contributed by atoms with E-state index in [0.29, 0.717) is 6.04 Å². The van der Waals surface area contributed by atoms with Crippen LogP contribution in [-0.2, 0) is 6.42 Å². The zero-order valence-electron chi connectivity index (χ0n) is 14.3. The zero-order valence-corrected chi connectivity index (χ0v) is 14.3. The van der Waals surface area contributed by atoms with E-state index in [0.717, 1.165) is 6.42 Å². The van der Waals surface area contributed by atoms with Crippen LogP contribution in [0.15, 0.2) is 24.3 Å². The highest BCUT2D eigenvalue weighted by Crippen LogP contribution is 2.29. The molecule has 2 rings (SSSR count). The van der Waals surface area contributed by atoms with Gasteiger partial charge in [0, 0.05) is 11.6 Å². The Labute approximate surface area is 130 Å². The summed E-state index contributed by atoms with van der Waals surface area (Å²) in [4.78, 5) is 2.73. The van der Waals surface area contributed by atoms with E-state index in [2.05, 4.69) is 62.3 Å².